The van der Waals surface area contributed by atoms with E-state index in [1.165, 1.54) is 0 Å². The number of halogens is 2. The second-order valence-electron chi connectivity index (χ2n) is 10.4. The summed E-state index contributed by atoms with van der Waals surface area (Å²) in [6, 6.07) is 2.64. The van der Waals surface area contributed by atoms with E-state index < -0.39 is 34.8 Å². The van der Waals surface area contributed by atoms with Gasteiger partial charge in [-0.2, -0.15) is 5.10 Å². The van der Waals surface area contributed by atoms with Crippen molar-refractivity contribution in [2.45, 2.75) is 66.2 Å². The molecular formula is C25H32F2N4O2. The SMILES string of the molecule is CC(C)(C)OC(=O)N[C@@H](c1nc(-c2cc(F)ccc2F)n(CC2C=CC=CC2)n1)C(C)(C)C. The van der Waals surface area contributed by atoms with Crippen LogP contribution in [0.5, 0.6) is 0 Å². The lowest BCUT2D eigenvalue weighted by Crippen LogP contribution is -2.40. The van der Waals surface area contributed by atoms with E-state index in [0.29, 0.717) is 12.4 Å². The molecule has 2 atom stereocenters. The molecule has 1 heterocycles. The molecule has 1 unspecified atom stereocenters. The van der Waals surface area contributed by atoms with Crippen LogP contribution in [0, 0.1) is 23.0 Å². The predicted molar refractivity (Wildman–Crippen MR) is 123 cm³/mol. The second-order valence-corrected chi connectivity index (χ2v) is 10.4. The predicted octanol–water partition coefficient (Wildman–Crippen LogP) is 5.97. The molecule has 0 bridgehead atoms. The van der Waals surface area contributed by atoms with E-state index in [2.05, 4.69) is 15.4 Å². The Balaban J connectivity index is 2.04. The van der Waals surface area contributed by atoms with E-state index in [1.807, 2.05) is 45.1 Å². The number of hydrogen-bond donors (Lipinski definition) is 1. The van der Waals surface area contributed by atoms with Crippen LogP contribution in [0.1, 0.15) is 59.8 Å². The van der Waals surface area contributed by atoms with Gasteiger partial charge >= 0.3 is 6.09 Å². The molecule has 8 heteroatoms. The third kappa shape index (κ3) is 6.49. The molecule has 1 amide bonds. The summed E-state index contributed by atoms with van der Waals surface area (Å²) >= 11 is 0. The van der Waals surface area contributed by atoms with E-state index in [4.69, 9.17) is 4.74 Å². The van der Waals surface area contributed by atoms with Crippen LogP contribution >= 0.6 is 0 Å². The highest BCUT2D eigenvalue weighted by atomic mass is 19.1. The van der Waals surface area contributed by atoms with Crippen molar-refractivity contribution in [2.75, 3.05) is 0 Å². The van der Waals surface area contributed by atoms with Gasteiger partial charge in [0.2, 0.25) is 0 Å². The van der Waals surface area contributed by atoms with Gasteiger partial charge in [-0.1, -0.05) is 45.1 Å². The first kappa shape index (κ1) is 24.6. The minimum atomic E-state index is -0.671. The van der Waals surface area contributed by atoms with Gasteiger partial charge in [0.1, 0.15) is 17.2 Å². The van der Waals surface area contributed by atoms with Crippen molar-refractivity contribution in [3.63, 3.8) is 0 Å². The van der Waals surface area contributed by atoms with E-state index in [-0.39, 0.29) is 17.3 Å². The summed E-state index contributed by atoms with van der Waals surface area (Å²) in [6.07, 6.45) is 8.22. The average molecular weight is 459 g/mol. The van der Waals surface area contributed by atoms with E-state index >= 15 is 0 Å². The van der Waals surface area contributed by atoms with Crippen LogP contribution in [-0.4, -0.2) is 26.5 Å². The summed E-state index contributed by atoms with van der Waals surface area (Å²) in [5.74, 6) is -0.510. The monoisotopic (exact) mass is 458 g/mol. The van der Waals surface area contributed by atoms with Crippen LogP contribution in [0.3, 0.4) is 0 Å². The average Bonchev–Trinajstić information content (AvgIpc) is 3.09. The molecule has 33 heavy (non-hydrogen) atoms. The van der Waals surface area contributed by atoms with Crippen LogP contribution in [0.15, 0.2) is 42.5 Å². The number of carbonyl (C=O) groups is 1. The van der Waals surface area contributed by atoms with Gasteiger partial charge < -0.3 is 10.1 Å². The molecule has 6 nitrogen and oxygen atoms in total. The van der Waals surface area contributed by atoms with Gasteiger partial charge in [0, 0.05) is 12.5 Å². The minimum Gasteiger partial charge on any atom is -0.444 e. The molecule has 3 rings (SSSR count). The fourth-order valence-electron chi connectivity index (χ4n) is 3.56. The van der Waals surface area contributed by atoms with Crippen LogP contribution in [0.4, 0.5) is 13.6 Å². The molecule has 1 aromatic carbocycles. The Morgan fingerprint density at radius 1 is 1.21 bits per heavy atom. The molecular weight excluding hydrogens is 426 g/mol. The first-order chi connectivity index (χ1) is 15.3. The molecule has 0 saturated heterocycles. The van der Waals surface area contributed by atoms with Crippen molar-refractivity contribution in [3.8, 4) is 11.4 Å². The van der Waals surface area contributed by atoms with Gasteiger partial charge in [-0.15, -0.1) is 0 Å². The van der Waals surface area contributed by atoms with Crippen LogP contribution in [-0.2, 0) is 11.3 Å². The lowest BCUT2D eigenvalue weighted by atomic mass is 9.86. The summed E-state index contributed by atoms with van der Waals surface area (Å²) < 4.78 is 35.7. The topological polar surface area (TPSA) is 69.0 Å². The van der Waals surface area contributed by atoms with Gasteiger partial charge in [0.05, 0.1) is 11.6 Å². The van der Waals surface area contributed by atoms with Gasteiger partial charge in [0.15, 0.2) is 11.6 Å². The number of nitrogens with zero attached hydrogens (tertiary/aromatic N) is 3. The number of nitrogens with one attached hydrogen (secondary N) is 1. The van der Waals surface area contributed by atoms with Crippen LogP contribution in [0.25, 0.3) is 11.4 Å². The lowest BCUT2D eigenvalue weighted by Gasteiger charge is -2.30. The van der Waals surface area contributed by atoms with Crippen molar-refractivity contribution >= 4 is 6.09 Å². The summed E-state index contributed by atoms with van der Waals surface area (Å²) in [5, 5.41) is 7.51. The Morgan fingerprint density at radius 2 is 1.94 bits per heavy atom. The van der Waals surface area contributed by atoms with Crippen molar-refractivity contribution < 1.29 is 18.3 Å². The molecule has 1 aliphatic carbocycles. The molecule has 0 radical (unpaired) electrons. The summed E-state index contributed by atoms with van der Waals surface area (Å²) in [7, 11) is 0. The third-order valence-corrected chi connectivity index (χ3v) is 5.12. The molecule has 0 fully saturated rings. The molecule has 0 spiro atoms. The highest BCUT2D eigenvalue weighted by Gasteiger charge is 2.34. The fraction of sp³-hybridized carbons (Fsp3) is 0.480. The second kappa shape index (κ2) is 9.45. The van der Waals surface area contributed by atoms with Crippen molar-refractivity contribution in [2.24, 2.45) is 11.3 Å². The molecule has 0 saturated carbocycles. The fourth-order valence-corrected chi connectivity index (χ4v) is 3.56. The number of allylic oxidation sites excluding steroid dienone is 4. The normalized spacial score (nSPS) is 17.2. The zero-order chi connectivity index (χ0) is 24.4. The number of benzene rings is 1. The number of rotatable bonds is 5. The van der Waals surface area contributed by atoms with E-state index in [9.17, 15) is 13.6 Å². The molecule has 1 N–H and O–H groups in total. The number of aromatic nitrogens is 3. The smallest absolute Gasteiger partial charge is 0.408 e. The number of ether oxygens (including phenoxy) is 1. The Bertz CT molecular complexity index is 1060. The highest BCUT2D eigenvalue weighted by Crippen LogP contribution is 2.34. The zero-order valence-electron chi connectivity index (χ0n) is 20.0. The first-order valence-corrected chi connectivity index (χ1v) is 11.1. The molecule has 178 valence electrons. The van der Waals surface area contributed by atoms with Crippen molar-refractivity contribution in [1.29, 1.82) is 0 Å². The Labute approximate surface area is 193 Å². The highest BCUT2D eigenvalue weighted by molar-refractivity contribution is 5.68. The number of amides is 1. The first-order valence-electron chi connectivity index (χ1n) is 11.1. The Kier molecular flexibility index (Phi) is 7.05. The summed E-state index contributed by atoms with van der Waals surface area (Å²) in [6.45, 7) is 11.6. The van der Waals surface area contributed by atoms with Gasteiger partial charge in [0.25, 0.3) is 0 Å². The van der Waals surface area contributed by atoms with Crippen LogP contribution < -0.4 is 5.32 Å². The molecule has 1 aliphatic rings. The number of carbonyl (C=O) groups excluding carboxylic acids is 1. The quantitative estimate of drug-likeness (QED) is 0.600. The number of alkyl carbamates (subject to hydrolysis) is 1. The molecule has 0 aliphatic heterocycles. The minimum absolute atomic E-state index is 0.0222. The maximum Gasteiger partial charge on any atom is 0.408 e. The van der Waals surface area contributed by atoms with Gasteiger partial charge in [-0.05, 0) is 50.8 Å². The third-order valence-electron chi connectivity index (χ3n) is 5.12. The van der Waals surface area contributed by atoms with E-state index in [0.717, 1.165) is 24.6 Å². The summed E-state index contributed by atoms with van der Waals surface area (Å²) in [4.78, 5) is 17.1. The maximum atomic E-state index is 14.7. The lowest BCUT2D eigenvalue weighted by molar-refractivity contribution is 0.0457. The number of hydrogen-bond acceptors (Lipinski definition) is 4. The van der Waals surface area contributed by atoms with Gasteiger partial charge in [-0.25, -0.2) is 23.2 Å². The zero-order valence-corrected chi connectivity index (χ0v) is 20.0. The standard InChI is InChI=1S/C25H32F2N4O2/c1-24(2,3)20(28-23(32)33-25(4,5)6)21-29-22(18-14-17(26)12-13-19(18)27)31(30-21)15-16-10-8-7-9-11-16/h7-10,12-14,16,20H,11,15H2,1-6H3,(H,28,32)/t16?,20-/m0/s1. The summed E-state index contributed by atoms with van der Waals surface area (Å²) in [5.41, 5.74) is -1.13. The largest absolute Gasteiger partial charge is 0.444 e. The molecule has 1 aromatic heterocycles. The van der Waals surface area contributed by atoms with Gasteiger partial charge in [-0.3, -0.25) is 0 Å². The maximum absolute atomic E-state index is 14.7. The molecule has 2 aromatic rings. The Hall–Kier alpha value is -3.03. The van der Waals surface area contributed by atoms with Crippen LogP contribution in [0.2, 0.25) is 0 Å². The van der Waals surface area contributed by atoms with Crippen molar-refractivity contribution in [1.82, 2.24) is 20.1 Å². The Morgan fingerprint density at radius 3 is 2.55 bits per heavy atom. The van der Waals surface area contributed by atoms with Crippen molar-refractivity contribution in [3.05, 3.63) is 60.0 Å². The van der Waals surface area contributed by atoms with E-state index in [1.54, 1.807) is 25.5 Å².